The Balaban J connectivity index is 1.98. The highest BCUT2D eigenvalue weighted by atomic mass is 16.6. The zero-order valence-electron chi connectivity index (χ0n) is 9.93. The Kier molecular flexibility index (Phi) is 2.40. The zero-order valence-corrected chi connectivity index (χ0v) is 9.93. The first-order chi connectivity index (χ1) is 7.04. The van der Waals surface area contributed by atoms with Crippen molar-refractivity contribution in [3.05, 3.63) is 11.6 Å². The van der Waals surface area contributed by atoms with Gasteiger partial charge in [0.05, 0.1) is 0 Å². The molecule has 1 spiro atoms. The third-order valence-corrected chi connectivity index (χ3v) is 4.07. The number of carbonyl (C=O) groups excluding carboxylic acids is 1. The van der Waals surface area contributed by atoms with Crippen molar-refractivity contribution in [2.75, 3.05) is 0 Å². The fourth-order valence-corrected chi connectivity index (χ4v) is 2.91. The average molecular weight is 208 g/mol. The van der Waals surface area contributed by atoms with Gasteiger partial charge in [0.2, 0.25) is 0 Å². The highest BCUT2D eigenvalue weighted by Crippen LogP contribution is 2.66. The lowest BCUT2D eigenvalue weighted by Crippen LogP contribution is -2.21. The molecule has 0 N–H and O–H groups in total. The second-order valence-electron chi connectivity index (χ2n) is 5.27. The second-order valence-corrected chi connectivity index (χ2v) is 5.27. The van der Waals surface area contributed by atoms with Crippen LogP contribution < -0.4 is 0 Å². The molecular weight excluding hydrogens is 188 g/mol. The molecule has 0 radical (unpaired) electrons. The number of ether oxygens (including phenoxy) is 1. The lowest BCUT2D eigenvalue weighted by atomic mass is 9.93. The van der Waals surface area contributed by atoms with Crippen molar-refractivity contribution >= 4 is 5.97 Å². The Bertz CT molecular complexity index is 318. The standard InChI is InChI=1S/C13H20O2/c1-4-5-6-7-12(3)9-13(12)10(2)8-11(14)15-13/h8H,4-7,9H2,1-3H3. The molecule has 1 saturated carbocycles. The van der Waals surface area contributed by atoms with Crippen LogP contribution in [0.5, 0.6) is 0 Å². The van der Waals surface area contributed by atoms with E-state index in [1.807, 2.05) is 6.92 Å². The lowest BCUT2D eigenvalue weighted by Gasteiger charge is -2.18. The van der Waals surface area contributed by atoms with Crippen LogP contribution in [0.15, 0.2) is 11.6 Å². The highest BCUT2D eigenvalue weighted by molar-refractivity contribution is 5.87. The Labute approximate surface area is 91.7 Å². The van der Waals surface area contributed by atoms with E-state index in [1.54, 1.807) is 6.08 Å². The van der Waals surface area contributed by atoms with Gasteiger partial charge in [0.1, 0.15) is 5.60 Å². The maximum atomic E-state index is 11.2. The molecule has 2 nitrogen and oxygen atoms in total. The Hall–Kier alpha value is -0.790. The van der Waals surface area contributed by atoms with Gasteiger partial charge in [0, 0.05) is 17.9 Å². The van der Waals surface area contributed by atoms with Gasteiger partial charge in [-0.25, -0.2) is 4.79 Å². The van der Waals surface area contributed by atoms with Crippen molar-refractivity contribution in [3.8, 4) is 0 Å². The molecule has 84 valence electrons. The molecule has 1 aliphatic heterocycles. The molecule has 0 saturated heterocycles. The highest BCUT2D eigenvalue weighted by Gasteiger charge is 2.69. The molecule has 2 heteroatoms. The summed E-state index contributed by atoms with van der Waals surface area (Å²) in [4.78, 5) is 11.2. The van der Waals surface area contributed by atoms with Gasteiger partial charge in [-0.3, -0.25) is 0 Å². The van der Waals surface area contributed by atoms with Gasteiger partial charge in [-0.2, -0.15) is 0 Å². The van der Waals surface area contributed by atoms with Gasteiger partial charge >= 0.3 is 5.97 Å². The van der Waals surface area contributed by atoms with Crippen LogP contribution in [0, 0.1) is 5.41 Å². The van der Waals surface area contributed by atoms with E-state index in [4.69, 9.17) is 4.74 Å². The molecule has 0 aromatic carbocycles. The van der Waals surface area contributed by atoms with E-state index in [0.29, 0.717) is 0 Å². The predicted octanol–water partition coefficient (Wildman–Crippen LogP) is 3.22. The van der Waals surface area contributed by atoms with Crippen LogP contribution in [0.3, 0.4) is 0 Å². The van der Waals surface area contributed by atoms with Crippen molar-refractivity contribution in [2.45, 2.75) is 58.5 Å². The monoisotopic (exact) mass is 208 g/mol. The number of hydrogen-bond donors (Lipinski definition) is 0. The molecule has 2 rings (SSSR count). The van der Waals surface area contributed by atoms with E-state index in [0.717, 1.165) is 12.0 Å². The van der Waals surface area contributed by atoms with E-state index < -0.39 is 0 Å². The first-order valence-electron chi connectivity index (χ1n) is 5.96. The van der Waals surface area contributed by atoms with Crippen molar-refractivity contribution in [3.63, 3.8) is 0 Å². The number of esters is 1. The quantitative estimate of drug-likeness (QED) is 0.524. The van der Waals surface area contributed by atoms with E-state index >= 15 is 0 Å². The topological polar surface area (TPSA) is 26.3 Å². The fourth-order valence-electron chi connectivity index (χ4n) is 2.91. The molecule has 1 aliphatic carbocycles. The zero-order chi connectivity index (χ0) is 11.1. The van der Waals surface area contributed by atoms with Gasteiger partial charge in [0.25, 0.3) is 0 Å². The average Bonchev–Trinajstić information content (AvgIpc) is 2.61. The van der Waals surface area contributed by atoms with Gasteiger partial charge in [-0.05, 0) is 18.9 Å². The van der Waals surface area contributed by atoms with Crippen molar-refractivity contribution in [1.82, 2.24) is 0 Å². The van der Waals surface area contributed by atoms with Gasteiger partial charge in [-0.1, -0.05) is 33.1 Å². The van der Waals surface area contributed by atoms with Crippen LogP contribution in [0.2, 0.25) is 0 Å². The third-order valence-electron chi connectivity index (χ3n) is 4.07. The van der Waals surface area contributed by atoms with Gasteiger partial charge in [0.15, 0.2) is 0 Å². The van der Waals surface area contributed by atoms with E-state index in [1.165, 1.54) is 25.7 Å². The first kappa shape index (κ1) is 10.7. The van der Waals surface area contributed by atoms with Crippen LogP contribution >= 0.6 is 0 Å². The summed E-state index contributed by atoms with van der Waals surface area (Å²) in [5.74, 6) is -0.147. The second kappa shape index (κ2) is 3.36. The van der Waals surface area contributed by atoms with E-state index in [9.17, 15) is 4.79 Å². The van der Waals surface area contributed by atoms with Crippen LogP contribution in [0.4, 0.5) is 0 Å². The normalized spacial score (nSPS) is 38.1. The lowest BCUT2D eigenvalue weighted by molar-refractivity contribution is -0.141. The number of unbranched alkanes of at least 4 members (excludes halogenated alkanes) is 2. The number of rotatable bonds is 4. The number of hydrogen-bond acceptors (Lipinski definition) is 2. The smallest absolute Gasteiger partial charge is 0.331 e. The molecule has 2 unspecified atom stereocenters. The fraction of sp³-hybridized carbons (Fsp3) is 0.769. The largest absolute Gasteiger partial charge is 0.451 e. The minimum atomic E-state index is -0.210. The summed E-state index contributed by atoms with van der Waals surface area (Å²) in [6.07, 6.45) is 7.64. The molecule has 15 heavy (non-hydrogen) atoms. The van der Waals surface area contributed by atoms with Crippen molar-refractivity contribution in [1.29, 1.82) is 0 Å². The molecule has 1 fully saturated rings. The van der Waals surface area contributed by atoms with Crippen LogP contribution in [-0.2, 0) is 9.53 Å². The summed E-state index contributed by atoms with van der Waals surface area (Å²) in [5.41, 5.74) is 1.14. The summed E-state index contributed by atoms with van der Waals surface area (Å²) in [6.45, 7) is 6.49. The van der Waals surface area contributed by atoms with Crippen LogP contribution in [-0.4, -0.2) is 11.6 Å². The summed E-state index contributed by atoms with van der Waals surface area (Å²) in [5, 5.41) is 0. The SMILES string of the molecule is CCCCCC1(C)CC12OC(=O)C=C2C. The van der Waals surface area contributed by atoms with Crippen molar-refractivity contribution < 1.29 is 9.53 Å². The minimum Gasteiger partial charge on any atom is -0.451 e. The van der Waals surface area contributed by atoms with Crippen LogP contribution in [0.25, 0.3) is 0 Å². The van der Waals surface area contributed by atoms with E-state index in [-0.39, 0.29) is 17.0 Å². The maximum Gasteiger partial charge on any atom is 0.331 e. The Morgan fingerprint density at radius 3 is 2.73 bits per heavy atom. The molecule has 2 aliphatic rings. The van der Waals surface area contributed by atoms with E-state index in [2.05, 4.69) is 13.8 Å². The molecular formula is C13H20O2. The molecule has 1 heterocycles. The Morgan fingerprint density at radius 2 is 2.20 bits per heavy atom. The maximum absolute atomic E-state index is 11.2. The third kappa shape index (κ3) is 1.51. The first-order valence-corrected chi connectivity index (χ1v) is 5.96. The molecule has 2 atom stereocenters. The molecule has 0 amide bonds. The molecule has 0 bridgehead atoms. The number of carbonyl (C=O) groups is 1. The van der Waals surface area contributed by atoms with Crippen molar-refractivity contribution in [2.24, 2.45) is 5.41 Å². The van der Waals surface area contributed by atoms with Gasteiger partial charge in [-0.15, -0.1) is 0 Å². The summed E-state index contributed by atoms with van der Waals surface area (Å²) in [7, 11) is 0. The molecule has 0 aromatic heterocycles. The Morgan fingerprint density at radius 1 is 1.47 bits per heavy atom. The summed E-state index contributed by atoms with van der Waals surface area (Å²) in [6, 6.07) is 0. The summed E-state index contributed by atoms with van der Waals surface area (Å²) < 4.78 is 5.49. The molecule has 0 aromatic rings. The predicted molar refractivity (Wildman–Crippen MR) is 59.4 cm³/mol. The summed E-state index contributed by atoms with van der Waals surface area (Å²) >= 11 is 0. The van der Waals surface area contributed by atoms with Gasteiger partial charge < -0.3 is 4.74 Å². The van der Waals surface area contributed by atoms with Crippen LogP contribution in [0.1, 0.15) is 52.9 Å². The minimum absolute atomic E-state index is 0.147.